The number of carbonyl (C=O) groups excluding carboxylic acids is 1. The first-order chi connectivity index (χ1) is 8.47. The van der Waals surface area contributed by atoms with E-state index in [1.807, 2.05) is 26.8 Å². The number of carbonyl (C=O) groups is 1. The van der Waals surface area contributed by atoms with Gasteiger partial charge in [-0.2, -0.15) is 0 Å². The molecule has 1 amide bonds. The van der Waals surface area contributed by atoms with E-state index in [1.165, 1.54) is 0 Å². The van der Waals surface area contributed by atoms with Crippen molar-refractivity contribution in [1.82, 2.24) is 0 Å². The highest BCUT2D eigenvalue weighted by Crippen LogP contribution is 2.32. The van der Waals surface area contributed by atoms with Gasteiger partial charge in [0.05, 0.1) is 14.2 Å². The summed E-state index contributed by atoms with van der Waals surface area (Å²) < 4.78 is 10.4. The first kappa shape index (κ1) is 14.4. The number of ether oxygens (including phenoxy) is 2. The average molecular weight is 251 g/mol. The zero-order valence-corrected chi connectivity index (χ0v) is 11.7. The molecule has 4 nitrogen and oxygen atoms in total. The van der Waals surface area contributed by atoms with E-state index in [0.717, 1.165) is 11.3 Å². The van der Waals surface area contributed by atoms with Crippen LogP contribution < -0.4 is 14.8 Å². The summed E-state index contributed by atoms with van der Waals surface area (Å²) in [5, 5.41) is 2.89. The molecule has 100 valence electrons. The molecule has 0 saturated carbocycles. The molecule has 1 rings (SSSR count). The Morgan fingerprint density at radius 2 is 1.78 bits per heavy atom. The normalized spacial score (nSPS) is 10.3. The lowest BCUT2D eigenvalue weighted by Crippen LogP contribution is -2.14. The highest BCUT2D eigenvalue weighted by atomic mass is 16.5. The highest BCUT2D eigenvalue weighted by molar-refractivity contribution is 5.92. The zero-order chi connectivity index (χ0) is 13.7. The summed E-state index contributed by atoms with van der Waals surface area (Å²) in [5.41, 5.74) is 1.71. The van der Waals surface area contributed by atoms with Gasteiger partial charge in [-0.25, -0.2) is 0 Å². The first-order valence-corrected chi connectivity index (χ1v) is 6.00. The van der Waals surface area contributed by atoms with Crippen LogP contribution in [0, 0.1) is 12.8 Å². The molecule has 1 N–H and O–H groups in total. The van der Waals surface area contributed by atoms with Crippen molar-refractivity contribution in [3.05, 3.63) is 17.7 Å². The summed E-state index contributed by atoms with van der Waals surface area (Å²) in [6.45, 7) is 5.95. The molecular formula is C14H21NO3. The molecule has 0 heterocycles. The smallest absolute Gasteiger partial charge is 0.224 e. The molecule has 0 spiro atoms. The van der Waals surface area contributed by atoms with Gasteiger partial charge in [0.15, 0.2) is 11.5 Å². The van der Waals surface area contributed by atoms with E-state index in [9.17, 15) is 4.79 Å². The molecule has 0 fully saturated rings. The molecule has 0 aliphatic rings. The third-order valence-electron chi connectivity index (χ3n) is 2.60. The number of rotatable bonds is 5. The second kappa shape index (κ2) is 6.28. The van der Waals surface area contributed by atoms with Gasteiger partial charge in [0.2, 0.25) is 5.91 Å². The lowest BCUT2D eigenvalue weighted by Gasteiger charge is -2.14. The Kier molecular flexibility index (Phi) is 5.01. The lowest BCUT2D eigenvalue weighted by atomic mass is 10.1. The van der Waals surface area contributed by atoms with Crippen molar-refractivity contribution in [2.24, 2.45) is 5.92 Å². The van der Waals surface area contributed by atoms with Crippen LogP contribution in [0.15, 0.2) is 12.1 Å². The topological polar surface area (TPSA) is 47.6 Å². The van der Waals surface area contributed by atoms with Gasteiger partial charge in [-0.3, -0.25) is 4.79 Å². The molecular weight excluding hydrogens is 230 g/mol. The van der Waals surface area contributed by atoms with E-state index in [4.69, 9.17) is 9.47 Å². The van der Waals surface area contributed by atoms with Crippen LogP contribution in [0.1, 0.15) is 25.8 Å². The maximum atomic E-state index is 11.7. The summed E-state index contributed by atoms with van der Waals surface area (Å²) in [5.74, 6) is 1.63. The monoisotopic (exact) mass is 251 g/mol. The van der Waals surface area contributed by atoms with Gasteiger partial charge in [-0.15, -0.1) is 0 Å². The van der Waals surface area contributed by atoms with E-state index in [1.54, 1.807) is 20.3 Å². The van der Waals surface area contributed by atoms with Crippen molar-refractivity contribution in [2.75, 3.05) is 19.5 Å². The van der Waals surface area contributed by atoms with Gasteiger partial charge in [0.25, 0.3) is 0 Å². The van der Waals surface area contributed by atoms with Gasteiger partial charge < -0.3 is 14.8 Å². The first-order valence-electron chi connectivity index (χ1n) is 6.00. The van der Waals surface area contributed by atoms with E-state index in [0.29, 0.717) is 23.8 Å². The van der Waals surface area contributed by atoms with Crippen molar-refractivity contribution in [1.29, 1.82) is 0 Å². The molecule has 4 heteroatoms. The standard InChI is InChI=1S/C14H21NO3/c1-9(2)6-14(16)15-11-8-13(18-5)12(17-4)7-10(11)3/h7-9H,6H2,1-5H3,(H,15,16). The molecule has 0 bridgehead atoms. The van der Waals surface area contributed by atoms with Gasteiger partial charge >= 0.3 is 0 Å². The van der Waals surface area contributed by atoms with Crippen LogP contribution >= 0.6 is 0 Å². The highest BCUT2D eigenvalue weighted by Gasteiger charge is 2.11. The van der Waals surface area contributed by atoms with Crippen LogP contribution in [0.4, 0.5) is 5.69 Å². The molecule has 0 aromatic heterocycles. The van der Waals surface area contributed by atoms with Crippen molar-refractivity contribution >= 4 is 11.6 Å². The van der Waals surface area contributed by atoms with Crippen LogP contribution in [0.25, 0.3) is 0 Å². The summed E-state index contributed by atoms with van der Waals surface area (Å²) in [7, 11) is 3.17. The quantitative estimate of drug-likeness (QED) is 0.875. The third kappa shape index (κ3) is 3.65. The number of nitrogens with one attached hydrogen (secondary N) is 1. The van der Waals surface area contributed by atoms with Gasteiger partial charge in [0, 0.05) is 18.2 Å². The van der Waals surface area contributed by atoms with Crippen molar-refractivity contribution < 1.29 is 14.3 Å². The predicted octanol–water partition coefficient (Wildman–Crippen LogP) is 3.00. The fraction of sp³-hybridized carbons (Fsp3) is 0.500. The van der Waals surface area contributed by atoms with E-state index < -0.39 is 0 Å². The molecule has 1 aromatic carbocycles. The maximum absolute atomic E-state index is 11.7. The van der Waals surface area contributed by atoms with E-state index in [2.05, 4.69) is 5.32 Å². The van der Waals surface area contributed by atoms with Crippen LogP contribution in [-0.4, -0.2) is 20.1 Å². The number of aryl methyl sites for hydroxylation is 1. The Morgan fingerprint density at radius 3 is 2.28 bits per heavy atom. The average Bonchev–Trinajstić information content (AvgIpc) is 2.30. The number of hydrogen-bond donors (Lipinski definition) is 1. The number of methoxy groups -OCH3 is 2. The largest absolute Gasteiger partial charge is 0.493 e. The molecule has 0 aliphatic heterocycles. The summed E-state index contributed by atoms with van der Waals surface area (Å²) in [6, 6.07) is 3.64. The van der Waals surface area contributed by atoms with E-state index in [-0.39, 0.29) is 5.91 Å². The molecule has 18 heavy (non-hydrogen) atoms. The fourth-order valence-corrected chi connectivity index (χ4v) is 1.69. The maximum Gasteiger partial charge on any atom is 0.224 e. The number of benzene rings is 1. The molecule has 0 atom stereocenters. The van der Waals surface area contributed by atoms with Crippen LogP contribution in [-0.2, 0) is 4.79 Å². The predicted molar refractivity (Wildman–Crippen MR) is 72.4 cm³/mol. The summed E-state index contributed by atoms with van der Waals surface area (Å²) in [6.07, 6.45) is 0.508. The Morgan fingerprint density at radius 1 is 1.22 bits per heavy atom. The number of amides is 1. The third-order valence-corrected chi connectivity index (χ3v) is 2.60. The SMILES string of the molecule is COc1cc(C)c(NC(=O)CC(C)C)cc1OC. The van der Waals surface area contributed by atoms with Gasteiger partial charge in [-0.1, -0.05) is 13.8 Å². The van der Waals surface area contributed by atoms with Crippen molar-refractivity contribution in [2.45, 2.75) is 27.2 Å². The van der Waals surface area contributed by atoms with Gasteiger partial charge in [-0.05, 0) is 24.5 Å². The molecule has 0 radical (unpaired) electrons. The van der Waals surface area contributed by atoms with Crippen molar-refractivity contribution in [3.63, 3.8) is 0 Å². The Bertz CT molecular complexity index is 427. The molecule has 0 saturated heterocycles. The van der Waals surface area contributed by atoms with Crippen LogP contribution in [0.2, 0.25) is 0 Å². The summed E-state index contributed by atoms with van der Waals surface area (Å²) in [4.78, 5) is 11.7. The Labute approximate surface area is 108 Å². The number of hydrogen-bond acceptors (Lipinski definition) is 3. The Balaban J connectivity index is 2.92. The molecule has 0 unspecified atom stereocenters. The molecule has 1 aromatic rings. The van der Waals surface area contributed by atoms with Crippen LogP contribution in [0.5, 0.6) is 11.5 Å². The Hall–Kier alpha value is -1.71. The second-order valence-electron chi connectivity index (χ2n) is 4.67. The second-order valence-corrected chi connectivity index (χ2v) is 4.67. The van der Waals surface area contributed by atoms with Crippen LogP contribution in [0.3, 0.4) is 0 Å². The van der Waals surface area contributed by atoms with E-state index >= 15 is 0 Å². The fourth-order valence-electron chi connectivity index (χ4n) is 1.69. The van der Waals surface area contributed by atoms with Crippen molar-refractivity contribution in [3.8, 4) is 11.5 Å². The number of anilines is 1. The lowest BCUT2D eigenvalue weighted by molar-refractivity contribution is -0.116. The summed E-state index contributed by atoms with van der Waals surface area (Å²) >= 11 is 0. The minimum absolute atomic E-state index is 0.0142. The minimum atomic E-state index is 0.0142. The zero-order valence-electron chi connectivity index (χ0n) is 11.7. The molecule has 0 aliphatic carbocycles. The van der Waals surface area contributed by atoms with Gasteiger partial charge in [0.1, 0.15) is 0 Å². The minimum Gasteiger partial charge on any atom is -0.493 e.